The molecule has 1 aliphatic heterocycles. The minimum Gasteiger partial charge on any atom is -0.356 e. The van der Waals surface area contributed by atoms with Gasteiger partial charge >= 0.3 is 0 Å². The Morgan fingerprint density at radius 2 is 2.11 bits per heavy atom. The summed E-state index contributed by atoms with van der Waals surface area (Å²) in [7, 11) is 0. The lowest BCUT2D eigenvalue weighted by Crippen LogP contribution is -2.32. The average molecular weight is 379 g/mol. The molecule has 0 unspecified atom stereocenters. The number of anilines is 1. The Labute approximate surface area is 162 Å². The molecule has 9 nitrogen and oxygen atoms in total. The quantitative estimate of drug-likeness (QED) is 0.710. The van der Waals surface area contributed by atoms with E-state index in [-0.39, 0.29) is 5.91 Å². The second kappa shape index (κ2) is 7.71. The van der Waals surface area contributed by atoms with E-state index in [2.05, 4.69) is 35.3 Å². The maximum Gasteiger partial charge on any atom is 0.228 e. The molecule has 4 heterocycles. The number of pyridine rings is 1. The van der Waals surface area contributed by atoms with Crippen LogP contribution in [0.15, 0.2) is 29.2 Å². The molecule has 3 aromatic rings. The fourth-order valence-electron chi connectivity index (χ4n) is 3.37. The van der Waals surface area contributed by atoms with Crippen LogP contribution in [0.4, 0.5) is 5.95 Å². The van der Waals surface area contributed by atoms with Gasteiger partial charge in [-0.3, -0.25) is 9.78 Å². The Balaban J connectivity index is 1.58. The summed E-state index contributed by atoms with van der Waals surface area (Å²) < 4.78 is 5.37. The highest BCUT2D eigenvalue weighted by Gasteiger charge is 2.25. The first-order valence-electron chi connectivity index (χ1n) is 9.18. The standard InChI is InChI=1S/C19H21N7O2/c1-12-17(18-24-16(28-25-18)4-8-20-13(2)27)15-5-9-26(11-14(15)10-23-12)19-21-6-3-7-22-19/h3,6-7,10H,4-5,8-9,11H2,1-2H3,(H,20,27). The second-order valence-electron chi connectivity index (χ2n) is 6.69. The summed E-state index contributed by atoms with van der Waals surface area (Å²) in [5, 5.41) is 6.88. The van der Waals surface area contributed by atoms with Crippen LogP contribution >= 0.6 is 0 Å². The molecule has 0 saturated carbocycles. The number of rotatable bonds is 5. The van der Waals surface area contributed by atoms with Gasteiger partial charge in [-0.1, -0.05) is 5.16 Å². The molecule has 3 aromatic heterocycles. The molecular weight excluding hydrogens is 358 g/mol. The molecule has 0 fully saturated rings. The number of fused-ring (bicyclic) bond motifs is 1. The number of aromatic nitrogens is 5. The number of nitrogens with zero attached hydrogens (tertiary/aromatic N) is 6. The van der Waals surface area contributed by atoms with Crippen molar-refractivity contribution in [2.24, 2.45) is 0 Å². The summed E-state index contributed by atoms with van der Waals surface area (Å²) in [4.78, 5) is 30.9. The van der Waals surface area contributed by atoms with Crippen molar-refractivity contribution in [3.63, 3.8) is 0 Å². The van der Waals surface area contributed by atoms with Crippen molar-refractivity contribution in [1.82, 2.24) is 30.4 Å². The minimum atomic E-state index is -0.0798. The monoisotopic (exact) mass is 379 g/mol. The number of hydrogen-bond donors (Lipinski definition) is 1. The third-order valence-electron chi connectivity index (χ3n) is 4.70. The molecule has 1 N–H and O–H groups in total. The molecule has 9 heteroatoms. The highest BCUT2D eigenvalue weighted by Crippen LogP contribution is 2.31. The average Bonchev–Trinajstić information content (AvgIpc) is 3.16. The minimum absolute atomic E-state index is 0.0798. The molecule has 1 amide bonds. The molecule has 0 aromatic carbocycles. The van der Waals surface area contributed by atoms with Crippen molar-refractivity contribution >= 4 is 11.9 Å². The van der Waals surface area contributed by atoms with E-state index in [1.165, 1.54) is 12.5 Å². The lowest BCUT2D eigenvalue weighted by Gasteiger charge is -2.29. The highest BCUT2D eigenvalue weighted by atomic mass is 16.5. The summed E-state index contributed by atoms with van der Waals surface area (Å²) in [6, 6.07) is 1.81. The third-order valence-corrected chi connectivity index (χ3v) is 4.70. The molecule has 0 aliphatic carbocycles. The molecule has 0 bridgehead atoms. The van der Waals surface area contributed by atoms with Crippen LogP contribution in [0.3, 0.4) is 0 Å². The van der Waals surface area contributed by atoms with Gasteiger partial charge in [-0.2, -0.15) is 4.98 Å². The first-order chi connectivity index (χ1) is 13.6. The summed E-state index contributed by atoms with van der Waals surface area (Å²) in [5.74, 6) is 1.68. The van der Waals surface area contributed by atoms with Crippen LogP contribution in [-0.4, -0.2) is 44.1 Å². The molecule has 0 spiro atoms. The van der Waals surface area contributed by atoms with Gasteiger partial charge in [-0.05, 0) is 30.5 Å². The fourth-order valence-corrected chi connectivity index (χ4v) is 3.37. The van der Waals surface area contributed by atoms with Gasteiger partial charge in [0, 0.05) is 62.8 Å². The maximum absolute atomic E-state index is 11.0. The number of nitrogens with one attached hydrogen (secondary N) is 1. The van der Waals surface area contributed by atoms with Crippen molar-refractivity contribution in [1.29, 1.82) is 0 Å². The van der Waals surface area contributed by atoms with E-state index in [0.29, 0.717) is 31.2 Å². The molecular formula is C19H21N7O2. The van der Waals surface area contributed by atoms with Gasteiger partial charge in [0.2, 0.25) is 23.6 Å². The lowest BCUT2D eigenvalue weighted by atomic mass is 9.94. The molecule has 28 heavy (non-hydrogen) atoms. The Morgan fingerprint density at radius 1 is 1.29 bits per heavy atom. The predicted molar refractivity (Wildman–Crippen MR) is 101 cm³/mol. The molecule has 4 rings (SSSR count). The van der Waals surface area contributed by atoms with Gasteiger partial charge in [-0.25, -0.2) is 9.97 Å². The number of carbonyl (C=O) groups is 1. The topological polar surface area (TPSA) is 110 Å². The lowest BCUT2D eigenvalue weighted by molar-refractivity contribution is -0.118. The van der Waals surface area contributed by atoms with Gasteiger partial charge in [0.15, 0.2) is 0 Å². The first kappa shape index (κ1) is 18.0. The van der Waals surface area contributed by atoms with E-state index in [1.807, 2.05) is 19.2 Å². The van der Waals surface area contributed by atoms with Crippen molar-refractivity contribution < 1.29 is 9.32 Å². The van der Waals surface area contributed by atoms with E-state index in [0.717, 1.165) is 35.7 Å². The van der Waals surface area contributed by atoms with E-state index >= 15 is 0 Å². The Kier molecular flexibility index (Phi) is 4.96. The Hall–Kier alpha value is -3.36. The van der Waals surface area contributed by atoms with Crippen molar-refractivity contribution in [3.8, 4) is 11.4 Å². The maximum atomic E-state index is 11.0. The summed E-state index contributed by atoms with van der Waals surface area (Å²) >= 11 is 0. The number of hydrogen-bond acceptors (Lipinski definition) is 8. The normalized spacial score (nSPS) is 13.3. The molecule has 0 radical (unpaired) electrons. The van der Waals surface area contributed by atoms with Gasteiger partial charge in [0.05, 0.1) is 0 Å². The van der Waals surface area contributed by atoms with E-state index in [4.69, 9.17) is 4.52 Å². The molecule has 0 saturated heterocycles. The van der Waals surface area contributed by atoms with Crippen LogP contribution in [-0.2, 0) is 24.2 Å². The van der Waals surface area contributed by atoms with Gasteiger partial charge < -0.3 is 14.7 Å². The Bertz CT molecular complexity index is 987. The van der Waals surface area contributed by atoms with Gasteiger partial charge in [-0.15, -0.1) is 0 Å². The van der Waals surface area contributed by atoms with Crippen molar-refractivity contribution in [3.05, 3.63) is 47.4 Å². The molecule has 144 valence electrons. The third kappa shape index (κ3) is 3.68. The second-order valence-corrected chi connectivity index (χ2v) is 6.69. The van der Waals surface area contributed by atoms with E-state index in [1.54, 1.807) is 12.4 Å². The van der Waals surface area contributed by atoms with Crippen LogP contribution < -0.4 is 10.2 Å². The van der Waals surface area contributed by atoms with E-state index in [9.17, 15) is 4.79 Å². The van der Waals surface area contributed by atoms with Gasteiger partial charge in [0.25, 0.3) is 0 Å². The van der Waals surface area contributed by atoms with Crippen LogP contribution in [0.5, 0.6) is 0 Å². The zero-order valence-electron chi connectivity index (χ0n) is 15.8. The number of carbonyl (C=O) groups excluding carboxylic acids is 1. The largest absolute Gasteiger partial charge is 0.356 e. The zero-order chi connectivity index (χ0) is 19.5. The van der Waals surface area contributed by atoms with E-state index < -0.39 is 0 Å². The zero-order valence-corrected chi connectivity index (χ0v) is 15.8. The van der Waals surface area contributed by atoms with Gasteiger partial charge in [0.1, 0.15) is 0 Å². The smallest absolute Gasteiger partial charge is 0.228 e. The Morgan fingerprint density at radius 3 is 2.89 bits per heavy atom. The van der Waals surface area contributed by atoms with Crippen molar-refractivity contribution in [2.45, 2.75) is 33.2 Å². The fraction of sp³-hybridized carbons (Fsp3) is 0.368. The van der Waals surface area contributed by atoms with Crippen LogP contribution in [0.1, 0.15) is 29.6 Å². The SMILES string of the molecule is CC(=O)NCCc1nc(-c2c(C)ncc3c2CCN(c2ncccn2)C3)no1. The molecule has 0 atom stereocenters. The van der Waals surface area contributed by atoms with Crippen molar-refractivity contribution in [2.75, 3.05) is 18.0 Å². The number of aryl methyl sites for hydroxylation is 1. The summed E-state index contributed by atoms with van der Waals surface area (Å²) in [6.45, 7) is 5.39. The molecule has 1 aliphatic rings. The number of amides is 1. The predicted octanol–water partition coefficient (Wildman–Crippen LogP) is 1.47. The van der Waals surface area contributed by atoms with Crippen LogP contribution in [0, 0.1) is 6.92 Å². The summed E-state index contributed by atoms with van der Waals surface area (Å²) in [5.41, 5.74) is 4.11. The summed E-state index contributed by atoms with van der Waals surface area (Å²) in [6.07, 6.45) is 6.72. The van der Waals surface area contributed by atoms with Crippen LogP contribution in [0.25, 0.3) is 11.4 Å². The highest BCUT2D eigenvalue weighted by molar-refractivity contribution is 5.72. The van der Waals surface area contributed by atoms with Crippen LogP contribution in [0.2, 0.25) is 0 Å². The first-order valence-corrected chi connectivity index (χ1v) is 9.18.